The summed E-state index contributed by atoms with van der Waals surface area (Å²) in [6.45, 7) is 2.62. The molecule has 2 unspecified atom stereocenters. The predicted octanol–water partition coefficient (Wildman–Crippen LogP) is 4.30. The highest BCUT2D eigenvalue weighted by atomic mass is 32.2. The van der Waals surface area contributed by atoms with Crippen molar-refractivity contribution in [3.8, 4) is 17.6 Å². The number of aryl methyl sites for hydroxylation is 1. The number of likely N-dealkylation sites (tertiary alicyclic amines) is 1. The van der Waals surface area contributed by atoms with E-state index in [1.165, 1.54) is 11.3 Å². The molecule has 10 nitrogen and oxygen atoms in total. The lowest BCUT2D eigenvalue weighted by Gasteiger charge is -2.39. The zero-order valence-electron chi connectivity index (χ0n) is 23.2. The number of nitrogens with zero attached hydrogens (tertiary/aromatic N) is 7. The highest BCUT2D eigenvalue weighted by molar-refractivity contribution is 7.84. The molecule has 214 valence electrons. The largest absolute Gasteiger partial charge is 0.389 e. The lowest BCUT2D eigenvalue weighted by atomic mass is 9.63. The monoisotopic (exact) mass is 594 g/mol. The molecule has 1 fully saturated rings. The van der Waals surface area contributed by atoms with E-state index in [4.69, 9.17) is 20.2 Å². The third kappa shape index (κ3) is 3.83. The lowest BCUT2D eigenvalue weighted by molar-refractivity contribution is 0.163. The minimum Gasteiger partial charge on any atom is -0.389 e. The summed E-state index contributed by atoms with van der Waals surface area (Å²) in [6, 6.07) is 1.70. The van der Waals surface area contributed by atoms with Crippen molar-refractivity contribution in [2.24, 2.45) is 0 Å². The summed E-state index contributed by atoms with van der Waals surface area (Å²) in [5.74, 6) is 1.07. The Kier molecular flexibility index (Phi) is 6.29. The second kappa shape index (κ2) is 9.68. The van der Waals surface area contributed by atoms with E-state index in [-0.39, 0.29) is 12.1 Å². The van der Waals surface area contributed by atoms with Crippen molar-refractivity contribution in [1.82, 2.24) is 29.8 Å². The zero-order chi connectivity index (χ0) is 28.6. The molecule has 13 heteroatoms. The summed E-state index contributed by atoms with van der Waals surface area (Å²) < 4.78 is 35.7. The molecule has 1 saturated heterocycles. The minimum absolute atomic E-state index is 0.306. The summed E-state index contributed by atoms with van der Waals surface area (Å²) in [7, 11) is 0.492. The number of rotatable bonds is 4. The molecule has 5 atom stereocenters. The van der Waals surface area contributed by atoms with E-state index >= 15 is 0 Å². The Morgan fingerprint density at radius 3 is 2.80 bits per heavy atom. The van der Waals surface area contributed by atoms with E-state index in [2.05, 4.69) is 16.3 Å². The van der Waals surface area contributed by atoms with Crippen molar-refractivity contribution in [1.29, 1.82) is 5.26 Å². The molecule has 0 aromatic carbocycles. The number of nitriles is 1. The Hall–Kier alpha value is -3.21. The molecule has 2 aliphatic carbocycles. The number of hydrogen-bond donors (Lipinski definition) is 1. The van der Waals surface area contributed by atoms with Gasteiger partial charge in [-0.25, -0.2) is 19.0 Å². The molecule has 0 saturated carbocycles. The highest BCUT2D eigenvalue weighted by Gasteiger charge is 2.49. The fraction of sp³-hybridized carbons (Fsp3) is 0.536. The second-order valence-electron chi connectivity index (χ2n) is 11.5. The number of halogens is 1. The van der Waals surface area contributed by atoms with Crippen LogP contribution in [0.3, 0.4) is 0 Å². The zero-order valence-corrected chi connectivity index (χ0v) is 24.8. The van der Waals surface area contributed by atoms with Crippen LogP contribution in [-0.2, 0) is 29.1 Å². The molecule has 3 aliphatic rings. The first-order valence-electron chi connectivity index (χ1n) is 14.0. The van der Waals surface area contributed by atoms with Crippen LogP contribution in [-0.4, -0.2) is 66.1 Å². The van der Waals surface area contributed by atoms with E-state index in [9.17, 15) is 13.9 Å². The molecule has 4 aromatic rings. The average molecular weight is 595 g/mol. The van der Waals surface area contributed by atoms with Gasteiger partial charge in [0.25, 0.3) is 0 Å². The summed E-state index contributed by atoms with van der Waals surface area (Å²) in [5.41, 5.74) is 9.31. The summed E-state index contributed by atoms with van der Waals surface area (Å²) in [5, 5.41) is 20.6. The molecular weight excluding hydrogens is 563 g/mol. The van der Waals surface area contributed by atoms with Crippen molar-refractivity contribution in [2.75, 3.05) is 25.6 Å². The highest BCUT2D eigenvalue weighted by Crippen LogP contribution is 2.55. The van der Waals surface area contributed by atoms with Crippen LogP contribution in [0.25, 0.3) is 22.6 Å². The lowest BCUT2D eigenvalue weighted by Crippen LogP contribution is -2.38. The van der Waals surface area contributed by atoms with Crippen LogP contribution in [0.5, 0.6) is 0 Å². The van der Waals surface area contributed by atoms with Crippen LogP contribution >= 0.6 is 11.3 Å². The molecule has 0 amide bonds. The molecule has 41 heavy (non-hydrogen) atoms. The molecule has 5 heterocycles. The van der Waals surface area contributed by atoms with Crippen molar-refractivity contribution >= 4 is 38.2 Å². The molecule has 0 bridgehead atoms. The van der Waals surface area contributed by atoms with Gasteiger partial charge in [-0.1, -0.05) is 5.16 Å². The van der Waals surface area contributed by atoms with Crippen molar-refractivity contribution in [2.45, 2.75) is 80.6 Å². The Balaban J connectivity index is 1.39. The SMILES string of the molecule is CC([C@@H]1[C@@H](F)CCN1C)n1ncc2c(S(C)=O)nc(-c3noc4c3CCC[C@@]43CCCc4sc(N)c(C#N)c43)nc21. The predicted molar refractivity (Wildman–Crippen MR) is 154 cm³/mol. The smallest absolute Gasteiger partial charge is 0.185 e. The van der Waals surface area contributed by atoms with Crippen LogP contribution in [0.1, 0.15) is 72.4 Å². The van der Waals surface area contributed by atoms with Gasteiger partial charge in [-0.05, 0) is 64.5 Å². The molecule has 2 N–H and O–H groups in total. The van der Waals surface area contributed by atoms with Gasteiger partial charge in [0, 0.05) is 23.2 Å². The van der Waals surface area contributed by atoms with E-state index in [1.54, 1.807) is 17.1 Å². The average Bonchev–Trinajstić information content (AvgIpc) is 3.72. The van der Waals surface area contributed by atoms with Crippen LogP contribution in [0.2, 0.25) is 0 Å². The first kappa shape index (κ1) is 26.7. The third-order valence-corrected chi connectivity index (χ3v) is 11.2. The third-order valence-electron chi connectivity index (χ3n) is 9.28. The number of nitrogens with two attached hydrogens (primary N) is 1. The standard InChI is InChI=1S/C28H31FN8O2S2/c1-14(22-18(29)8-11-36(22)2)37-26-17(13-32-37)27(41(3)38)34-25(33-26)21-15-6-4-9-28(23(15)39-35-21)10-5-7-19-20(28)16(12-30)24(31)40-19/h13-14,18,22H,4-11,31H2,1-3H3/t14?,18-,22+,28-,41?/m0/s1. The van der Waals surface area contributed by atoms with Gasteiger partial charge in [-0.3, -0.25) is 9.11 Å². The van der Waals surface area contributed by atoms with Crippen LogP contribution in [0.15, 0.2) is 15.7 Å². The van der Waals surface area contributed by atoms with E-state index in [0.29, 0.717) is 51.1 Å². The molecule has 7 rings (SSSR count). The fourth-order valence-electron chi connectivity index (χ4n) is 7.48. The number of aromatic nitrogens is 5. The Morgan fingerprint density at radius 1 is 1.32 bits per heavy atom. The Bertz CT molecular complexity index is 1740. The number of hydrogen-bond acceptors (Lipinski definition) is 10. The van der Waals surface area contributed by atoms with Crippen molar-refractivity contribution < 1.29 is 13.1 Å². The number of fused-ring (bicyclic) bond motifs is 5. The normalized spacial score (nSPS) is 25.7. The number of anilines is 1. The van der Waals surface area contributed by atoms with E-state index in [1.807, 2.05) is 18.9 Å². The van der Waals surface area contributed by atoms with Crippen LogP contribution < -0.4 is 5.73 Å². The summed E-state index contributed by atoms with van der Waals surface area (Å²) >= 11 is 1.50. The van der Waals surface area contributed by atoms with Gasteiger partial charge in [0.2, 0.25) is 0 Å². The summed E-state index contributed by atoms with van der Waals surface area (Å²) in [6.07, 6.45) is 7.88. The molecule has 4 aromatic heterocycles. The van der Waals surface area contributed by atoms with Crippen molar-refractivity contribution in [3.05, 3.63) is 33.5 Å². The van der Waals surface area contributed by atoms with Gasteiger partial charge < -0.3 is 10.3 Å². The fourth-order valence-corrected chi connectivity index (χ4v) is 9.31. The number of alkyl halides is 1. The van der Waals surface area contributed by atoms with E-state index in [0.717, 1.165) is 60.3 Å². The minimum atomic E-state index is -1.43. The maximum Gasteiger partial charge on any atom is 0.185 e. The van der Waals surface area contributed by atoms with Crippen molar-refractivity contribution in [3.63, 3.8) is 0 Å². The first-order chi connectivity index (χ1) is 19.7. The topological polar surface area (TPSA) is 140 Å². The molecule has 1 spiro atoms. The number of thiophene rings is 1. The van der Waals surface area contributed by atoms with Crippen LogP contribution in [0, 0.1) is 11.3 Å². The second-order valence-corrected chi connectivity index (χ2v) is 14.0. The number of nitrogen functional groups attached to an aromatic ring is 1. The maximum absolute atomic E-state index is 14.9. The van der Waals surface area contributed by atoms with Crippen LogP contribution in [0.4, 0.5) is 9.39 Å². The van der Waals surface area contributed by atoms with Gasteiger partial charge in [-0.15, -0.1) is 11.3 Å². The van der Waals surface area contributed by atoms with Gasteiger partial charge in [0.15, 0.2) is 22.9 Å². The Morgan fingerprint density at radius 2 is 2.10 bits per heavy atom. The Labute approximate surface area is 243 Å². The number of likely N-dealkylation sites (N-methyl/N-ethyl adjacent to an activating group) is 1. The van der Waals surface area contributed by atoms with Gasteiger partial charge in [-0.2, -0.15) is 10.4 Å². The van der Waals surface area contributed by atoms with Gasteiger partial charge in [0.1, 0.15) is 22.3 Å². The maximum atomic E-state index is 14.9. The molecule has 0 radical (unpaired) electrons. The molecule has 1 aliphatic heterocycles. The van der Waals surface area contributed by atoms with Gasteiger partial charge in [0.05, 0.1) is 45.4 Å². The quantitative estimate of drug-likeness (QED) is 0.343. The van der Waals surface area contributed by atoms with E-state index < -0.39 is 22.4 Å². The molecular formula is C28H31FN8O2S2. The summed E-state index contributed by atoms with van der Waals surface area (Å²) in [4.78, 5) is 12.8. The van der Waals surface area contributed by atoms with Gasteiger partial charge >= 0.3 is 0 Å². The first-order valence-corrected chi connectivity index (χ1v) is 16.4.